The van der Waals surface area contributed by atoms with Gasteiger partial charge in [0.15, 0.2) is 0 Å². The van der Waals surface area contributed by atoms with Crippen LogP contribution in [-0.2, 0) is 6.54 Å². The average molecular weight is 245 g/mol. The van der Waals surface area contributed by atoms with Crippen LogP contribution >= 0.6 is 0 Å². The summed E-state index contributed by atoms with van der Waals surface area (Å²) in [7, 11) is 2.23. The van der Waals surface area contributed by atoms with E-state index in [1.807, 2.05) is 0 Å². The Balaban J connectivity index is 1.71. The average Bonchev–Trinajstić information content (AvgIpc) is 2.85. The van der Waals surface area contributed by atoms with E-state index in [1.54, 1.807) is 0 Å². The quantitative estimate of drug-likeness (QED) is 0.862. The van der Waals surface area contributed by atoms with E-state index in [2.05, 4.69) is 47.2 Å². The molecule has 0 aliphatic carbocycles. The monoisotopic (exact) mass is 245 g/mol. The Morgan fingerprint density at radius 3 is 2.67 bits per heavy atom. The van der Waals surface area contributed by atoms with Crippen LogP contribution < -0.4 is 5.73 Å². The Hall–Kier alpha value is -0.900. The van der Waals surface area contributed by atoms with Crippen LogP contribution in [0.25, 0.3) is 0 Å². The molecule has 1 aromatic carbocycles. The summed E-state index contributed by atoms with van der Waals surface area (Å²) in [6.45, 7) is 5.53. The van der Waals surface area contributed by atoms with Gasteiger partial charge >= 0.3 is 0 Å². The van der Waals surface area contributed by atoms with Crippen molar-refractivity contribution in [2.24, 2.45) is 17.6 Å². The molecular weight excluding hydrogens is 222 g/mol. The Labute approximate surface area is 110 Å². The maximum atomic E-state index is 6.02. The van der Waals surface area contributed by atoms with Crippen molar-refractivity contribution in [3.05, 3.63) is 35.9 Å². The van der Waals surface area contributed by atoms with Gasteiger partial charge in [-0.3, -0.25) is 4.90 Å². The van der Waals surface area contributed by atoms with Crippen LogP contribution in [0.1, 0.15) is 5.56 Å². The van der Waals surface area contributed by atoms with E-state index >= 15 is 0 Å². The SMILES string of the molecule is CN1C[C@@H]2CN(Cc3ccccc3)[C@@H](CN)[C@@H]2C1. The number of nitrogens with two attached hydrogens (primary N) is 1. The van der Waals surface area contributed by atoms with Crippen LogP contribution in [0.4, 0.5) is 0 Å². The second-order valence-electron chi connectivity index (χ2n) is 5.86. The minimum atomic E-state index is 0.570. The van der Waals surface area contributed by atoms with Gasteiger partial charge in [-0.05, 0) is 24.4 Å². The molecule has 0 radical (unpaired) electrons. The van der Waals surface area contributed by atoms with Crippen LogP contribution in [0, 0.1) is 11.8 Å². The number of nitrogens with zero attached hydrogens (tertiary/aromatic N) is 2. The molecule has 0 aromatic heterocycles. The van der Waals surface area contributed by atoms with Crippen molar-refractivity contribution in [1.29, 1.82) is 0 Å². The third kappa shape index (κ3) is 2.18. The minimum absolute atomic E-state index is 0.570. The van der Waals surface area contributed by atoms with Gasteiger partial charge in [0.25, 0.3) is 0 Å². The zero-order chi connectivity index (χ0) is 12.5. The molecule has 0 amide bonds. The van der Waals surface area contributed by atoms with E-state index in [-0.39, 0.29) is 0 Å². The molecule has 2 fully saturated rings. The van der Waals surface area contributed by atoms with Gasteiger partial charge in [0, 0.05) is 38.8 Å². The van der Waals surface area contributed by atoms with Crippen molar-refractivity contribution in [2.45, 2.75) is 12.6 Å². The molecule has 2 aliphatic rings. The highest BCUT2D eigenvalue weighted by molar-refractivity contribution is 5.15. The summed E-state index contributed by atoms with van der Waals surface area (Å²) in [6.07, 6.45) is 0. The molecule has 2 N–H and O–H groups in total. The summed E-state index contributed by atoms with van der Waals surface area (Å²) in [6, 6.07) is 11.3. The third-order valence-electron chi connectivity index (χ3n) is 4.58. The number of hydrogen-bond donors (Lipinski definition) is 1. The Morgan fingerprint density at radius 2 is 1.94 bits per heavy atom. The number of benzene rings is 1. The molecule has 0 spiro atoms. The summed E-state index contributed by atoms with van der Waals surface area (Å²) in [5, 5.41) is 0. The number of fused-ring (bicyclic) bond motifs is 1. The zero-order valence-corrected chi connectivity index (χ0v) is 11.1. The lowest BCUT2D eigenvalue weighted by atomic mass is 9.94. The lowest BCUT2D eigenvalue weighted by molar-refractivity contribution is 0.202. The van der Waals surface area contributed by atoms with Crippen molar-refractivity contribution in [3.8, 4) is 0 Å². The molecule has 3 nitrogen and oxygen atoms in total. The summed E-state index contributed by atoms with van der Waals surface area (Å²) < 4.78 is 0. The smallest absolute Gasteiger partial charge is 0.0266 e. The van der Waals surface area contributed by atoms with Gasteiger partial charge in [0.2, 0.25) is 0 Å². The molecule has 1 aromatic rings. The first-order valence-electron chi connectivity index (χ1n) is 6.94. The fourth-order valence-electron chi connectivity index (χ4n) is 3.78. The van der Waals surface area contributed by atoms with Gasteiger partial charge in [-0.1, -0.05) is 30.3 Å². The van der Waals surface area contributed by atoms with Crippen molar-refractivity contribution in [3.63, 3.8) is 0 Å². The number of rotatable bonds is 3. The predicted octanol–water partition coefficient (Wildman–Crippen LogP) is 1.01. The highest BCUT2D eigenvalue weighted by Gasteiger charge is 2.44. The molecule has 3 atom stereocenters. The zero-order valence-electron chi connectivity index (χ0n) is 11.1. The molecule has 98 valence electrons. The largest absolute Gasteiger partial charge is 0.329 e. The van der Waals surface area contributed by atoms with Crippen molar-refractivity contribution in [1.82, 2.24) is 9.80 Å². The lowest BCUT2D eigenvalue weighted by Crippen LogP contribution is -2.40. The number of hydrogen-bond acceptors (Lipinski definition) is 3. The third-order valence-corrected chi connectivity index (χ3v) is 4.58. The summed E-state index contributed by atoms with van der Waals surface area (Å²) in [5.41, 5.74) is 7.43. The maximum Gasteiger partial charge on any atom is 0.0266 e. The fourth-order valence-corrected chi connectivity index (χ4v) is 3.78. The normalized spacial score (nSPS) is 32.9. The highest BCUT2D eigenvalue weighted by atomic mass is 15.3. The fraction of sp³-hybridized carbons (Fsp3) is 0.600. The van der Waals surface area contributed by atoms with Crippen LogP contribution in [0.3, 0.4) is 0 Å². The summed E-state index contributed by atoms with van der Waals surface area (Å²) >= 11 is 0. The molecule has 0 saturated carbocycles. The van der Waals surface area contributed by atoms with Crippen molar-refractivity contribution in [2.75, 3.05) is 33.2 Å². The first-order valence-corrected chi connectivity index (χ1v) is 6.94. The van der Waals surface area contributed by atoms with E-state index in [4.69, 9.17) is 5.73 Å². The summed E-state index contributed by atoms with van der Waals surface area (Å²) in [5.74, 6) is 1.61. The van der Waals surface area contributed by atoms with E-state index in [9.17, 15) is 0 Å². The van der Waals surface area contributed by atoms with Crippen molar-refractivity contribution < 1.29 is 0 Å². The van der Waals surface area contributed by atoms with E-state index < -0.39 is 0 Å². The Bertz CT molecular complexity index is 392. The molecule has 18 heavy (non-hydrogen) atoms. The van der Waals surface area contributed by atoms with Gasteiger partial charge in [0.1, 0.15) is 0 Å². The second kappa shape index (κ2) is 5.00. The number of likely N-dealkylation sites (tertiary alicyclic amines) is 2. The molecule has 2 heterocycles. The second-order valence-corrected chi connectivity index (χ2v) is 5.86. The standard InChI is InChI=1S/C15H23N3/c1-17-9-13-10-18(15(7-16)14(13)11-17)8-12-5-3-2-4-6-12/h2-6,13-15H,7-11,16H2,1H3/t13-,14-,15+/m1/s1. The molecule has 0 bridgehead atoms. The topological polar surface area (TPSA) is 32.5 Å². The summed E-state index contributed by atoms with van der Waals surface area (Å²) in [4.78, 5) is 5.05. The minimum Gasteiger partial charge on any atom is -0.329 e. The van der Waals surface area contributed by atoms with Gasteiger partial charge in [0.05, 0.1) is 0 Å². The maximum absolute atomic E-state index is 6.02. The highest BCUT2D eigenvalue weighted by Crippen LogP contribution is 2.35. The van der Waals surface area contributed by atoms with Gasteiger partial charge < -0.3 is 10.6 Å². The molecular formula is C15H23N3. The van der Waals surface area contributed by atoms with Crippen LogP contribution in [0.5, 0.6) is 0 Å². The van der Waals surface area contributed by atoms with E-state index in [0.29, 0.717) is 6.04 Å². The lowest BCUT2D eigenvalue weighted by Gasteiger charge is -2.27. The molecule has 3 heteroatoms. The molecule has 2 aliphatic heterocycles. The van der Waals surface area contributed by atoms with Crippen LogP contribution in [-0.4, -0.2) is 49.1 Å². The molecule has 3 rings (SSSR count). The van der Waals surface area contributed by atoms with Gasteiger partial charge in [-0.2, -0.15) is 0 Å². The first-order chi connectivity index (χ1) is 8.78. The molecule has 2 saturated heterocycles. The van der Waals surface area contributed by atoms with Crippen LogP contribution in [0.15, 0.2) is 30.3 Å². The Kier molecular flexibility index (Phi) is 3.37. The van der Waals surface area contributed by atoms with Crippen LogP contribution in [0.2, 0.25) is 0 Å². The first kappa shape index (κ1) is 12.2. The van der Waals surface area contributed by atoms with Gasteiger partial charge in [-0.25, -0.2) is 0 Å². The van der Waals surface area contributed by atoms with Crippen molar-refractivity contribution >= 4 is 0 Å². The molecule has 0 unspecified atom stereocenters. The Morgan fingerprint density at radius 1 is 1.17 bits per heavy atom. The predicted molar refractivity (Wildman–Crippen MR) is 74.2 cm³/mol. The van der Waals surface area contributed by atoms with E-state index in [1.165, 1.54) is 25.2 Å². The van der Waals surface area contributed by atoms with Gasteiger partial charge in [-0.15, -0.1) is 0 Å². The van der Waals surface area contributed by atoms with E-state index in [0.717, 1.165) is 24.9 Å².